The monoisotopic (exact) mass is 249 g/mol. The molecule has 17 heavy (non-hydrogen) atoms. The number of hydrogen-bond donors (Lipinski definition) is 1. The molecule has 1 nitrogen and oxygen atoms in total. The fourth-order valence-corrected chi connectivity index (χ4v) is 3.46. The van der Waals surface area contributed by atoms with E-state index in [2.05, 4.69) is 37.4 Å². The second-order valence-corrected chi connectivity index (χ2v) is 6.19. The van der Waals surface area contributed by atoms with Crippen LogP contribution in [0.15, 0.2) is 23.1 Å². The van der Waals surface area contributed by atoms with Gasteiger partial charge in [0.2, 0.25) is 0 Å². The molecule has 2 rings (SSSR count). The lowest BCUT2D eigenvalue weighted by molar-refractivity contribution is 0.553. The van der Waals surface area contributed by atoms with Crippen molar-refractivity contribution in [3.8, 4) is 0 Å². The second-order valence-electron chi connectivity index (χ2n) is 5.05. The smallest absolute Gasteiger partial charge is 0.0101 e. The van der Waals surface area contributed by atoms with Gasteiger partial charge in [0.1, 0.15) is 0 Å². The molecule has 1 aliphatic heterocycles. The van der Waals surface area contributed by atoms with Crippen molar-refractivity contribution in [1.29, 1.82) is 0 Å². The van der Waals surface area contributed by atoms with Gasteiger partial charge in [-0.3, -0.25) is 0 Å². The minimum atomic E-state index is 0.801. The van der Waals surface area contributed by atoms with Crippen molar-refractivity contribution < 1.29 is 0 Å². The first-order chi connectivity index (χ1) is 8.25. The zero-order chi connectivity index (χ0) is 12.1. The number of rotatable bonds is 5. The molecule has 0 saturated carbocycles. The highest BCUT2D eigenvalue weighted by molar-refractivity contribution is 7.99. The number of nitrogens with one attached hydrogen (secondary N) is 1. The molecule has 0 aliphatic carbocycles. The zero-order valence-corrected chi connectivity index (χ0v) is 11.8. The second kappa shape index (κ2) is 6.46. The van der Waals surface area contributed by atoms with Crippen molar-refractivity contribution in [2.24, 2.45) is 0 Å². The molecule has 0 aromatic heterocycles. The molecule has 94 valence electrons. The van der Waals surface area contributed by atoms with E-state index >= 15 is 0 Å². The lowest BCUT2D eigenvalue weighted by atomic mass is 10.1. The molecule has 1 aromatic carbocycles. The van der Waals surface area contributed by atoms with E-state index in [1.165, 1.54) is 54.0 Å². The van der Waals surface area contributed by atoms with Crippen molar-refractivity contribution in [1.82, 2.24) is 5.32 Å². The van der Waals surface area contributed by atoms with Crippen LogP contribution in [0.4, 0.5) is 0 Å². The summed E-state index contributed by atoms with van der Waals surface area (Å²) < 4.78 is 0. The van der Waals surface area contributed by atoms with E-state index in [9.17, 15) is 0 Å². The van der Waals surface area contributed by atoms with Crippen LogP contribution in [0.1, 0.15) is 36.8 Å². The molecule has 0 radical (unpaired) electrons. The van der Waals surface area contributed by atoms with Gasteiger partial charge in [0.05, 0.1) is 0 Å². The Balaban J connectivity index is 1.70. The molecule has 1 N–H and O–H groups in total. The van der Waals surface area contributed by atoms with E-state index in [0.29, 0.717) is 0 Å². The Morgan fingerprint density at radius 1 is 1.35 bits per heavy atom. The van der Waals surface area contributed by atoms with Gasteiger partial charge in [-0.05, 0) is 63.5 Å². The SMILES string of the molecule is Cc1ccc(SCCCC2CCCN2)c(C)c1. The predicted molar refractivity (Wildman–Crippen MR) is 76.9 cm³/mol. The summed E-state index contributed by atoms with van der Waals surface area (Å²) in [7, 11) is 0. The van der Waals surface area contributed by atoms with Gasteiger partial charge in [0, 0.05) is 10.9 Å². The molecule has 1 saturated heterocycles. The van der Waals surface area contributed by atoms with E-state index in [4.69, 9.17) is 0 Å². The van der Waals surface area contributed by atoms with Gasteiger partial charge in [-0.25, -0.2) is 0 Å². The summed E-state index contributed by atoms with van der Waals surface area (Å²) in [5, 5.41) is 3.56. The van der Waals surface area contributed by atoms with Crippen LogP contribution in [0.5, 0.6) is 0 Å². The van der Waals surface area contributed by atoms with Gasteiger partial charge >= 0.3 is 0 Å². The van der Waals surface area contributed by atoms with Crippen molar-refractivity contribution in [2.45, 2.75) is 50.5 Å². The summed E-state index contributed by atoms with van der Waals surface area (Å²) in [6, 6.07) is 7.56. The van der Waals surface area contributed by atoms with Crippen LogP contribution in [0.3, 0.4) is 0 Å². The molecule has 1 heterocycles. The van der Waals surface area contributed by atoms with Crippen LogP contribution in [0.25, 0.3) is 0 Å². The normalized spacial score (nSPS) is 19.8. The third kappa shape index (κ3) is 4.04. The van der Waals surface area contributed by atoms with Crippen molar-refractivity contribution in [3.05, 3.63) is 29.3 Å². The number of aryl methyl sites for hydroxylation is 2. The topological polar surface area (TPSA) is 12.0 Å². The van der Waals surface area contributed by atoms with Crippen LogP contribution in [0.2, 0.25) is 0 Å². The number of hydrogen-bond acceptors (Lipinski definition) is 2. The third-order valence-corrected chi connectivity index (χ3v) is 4.71. The van der Waals surface area contributed by atoms with E-state index in [-0.39, 0.29) is 0 Å². The molecule has 1 unspecified atom stereocenters. The molecule has 0 amide bonds. The third-order valence-electron chi connectivity index (χ3n) is 3.45. The van der Waals surface area contributed by atoms with Gasteiger partial charge in [0.15, 0.2) is 0 Å². The highest BCUT2D eigenvalue weighted by Gasteiger charge is 2.12. The fourth-order valence-electron chi connectivity index (χ4n) is 2.48. The largest absolute Gasteiger partial charge is 0.314 e. The van der Waals surface area contributed by atoms with Gasteiger partial charge < -0.3 is 5.32 Å². The first-order valence-corrected chi connectivity index (χ1v) is 7.68. The Hall–Kier alpha value is -0.470. The lowest BCUT2D eigenvalue weighted by Gasteiger charge is -2.10. The van der Waals surface area contributed by atoms with E-state index < -0.39 is 0 Å². The Bertz CT molecular complexity index is 356. The van der Waals surface area contributed by atoms with Gasteiger partial charge in [0.25, 0.3) is 0 Å². The number of thioether (sulfide) groups is 1. The Morgan fingerprint density at radius 3 is 2.94 bits per heavy atom. The summed E-state index contributed by atoms with van der Waals surface area (Å²) in [6.45, 7) is 5.61. The Labute approximate surface area is 109 Å². The maximum absolute atomic E-state index is 3.56. The molecule has 0 bridgehead atoms. The minimum Gasteiger partial charge on any atom is -0.314 e. The average molecular weight is 249 g/mol. The van der Waals surface area contributed by atoms with Crippen LogP contribution < -0.4 is 5.32 Å². The van der Waals surface area contributed by atoms with E-state index in [1.807, 2.05) is 11.8 Å². The fraction of sp³-hybridized carbons (Fsp3) is 0.600. The molecular formula is C15H23NS. The Morgan fingerprint density at radius 2 is 2.24 bits per heavy atom. The molecule has 1 atom stereocenters. The van der Waals surface area contributed by atoms with Gasteiger partial charge in [-0.1, -0.05) is 17.7 Å². The Kier molecular flexibility index (Phi) is 4.93. The van der Waals surface area contributed by atoms with E-state index in [1.54, 1.807) is 0 Å². The average Bonchev–Trinajstić information content (AvgIpc) is 2.79. The first-order valence-electron chi connectivity index (χ1n) is 6.69. The van der Waals surface area contributed by atoms with Gasteiger partial charge in [-0.2, -0.15) is 0 Å². The minimum absolute atomic E-state index is 0.801. The number of benzene rings is 1. The first kappa shape index (κ1) is 13.0. The summed E-state index contributed by atoms with van der Waals surface area (Å²) in [5.41, 5.74) is 2.79. The quantitative estimate of drug-likeness (QED) is 0.627. The lowest BCUT2D eigenvalue weighted by Crippen LogP contribution is -2.20. The summed E-state index contributed by atoms with van der Waals surface area (Å²) >= 11 is 2.01. The van der Waals surface area contributed by atoms with Crippen molar-refractivity contribution in [3.63, 3.8) is 0 Å². The molecule has 1 aromatic rings. The molecule has 2 heteroatoms. The van der Waals surface area contributed by atoms with Crippen LogP contribution in [-0.4, -0.2) is 18.3 Å². The maximum Gasteiger partial charge on any atom is 0.0101 e. The molecule has 0 spiro atoms. The van der Waals surface area contributed by atoms with Crippen LogP contribution >= 0.6 is 11.8 Å². The van der Waals surface area contributed by atoms with Crippen LogP contribution in [0, 0.1) is 13.8 Å². The summed E-state index contributed by atoms with van der Waals surface area (Å²) in [5.74, 6) is 1.25. The summed E-state index contributed by atoms with van der Waals surface area (Å²) in [6.07, 6.45) is 5.43. The molecular weight excluding hydrogens is 226 g/mol. The summed E-state index contributed by atoms with van der Waals surface area (Å²) in [4.78, 5) is 1.45. The van der Waals surface area contributed by atoms with E-state index in [0.717, 1.165) is 6.04 Å². The zero-order valence-electron chi connectivity index (χ0n) is 11.0. The molecule has 1 aliphatic rings. The molecule has 1 fully saturated rings. The predicted octanol–water partition coefficient (Wildman–Crippen LogP) is 3.93. The van der Waals surface area contributed by atoms with Gasteiger partial charge in [-0.15, -0.1) is 11.8 Å². The van der Waals surface area contributed by atoms with Crippen LogP contribution in [-0.2, 0) is 0 Å². The maximum atomic E-state index is 3.56. The standard InChI is InChI=1S/C15H23NS/c1-12-7-8-15(13(2)11-12)17-10-4-6-14-5-3-9-16-14/h7-8,11,14,16H,3-6,9-10H2,1-2H3. The highest BCUT2D eigenvalue weighted by atomic mass is 32.2. The van der Waals surface area contributed by atoms with Crippen molar-refractivity contribution >= 4 is 11.8 Å². The van der Waals surface area contributed by atoms with Crippen molar-refractivity contribution in [2.75, 3.05) is 12.3 Å². The highest BCUT2D eigenvalue weighted by Crippen LogP contribution is 2.24.